The van der Waals surface area contributed by atoms with E-state index in [1.165, 1.54) is 0 Å². The molecule has 0 aromatic carbocycles. The molecule has 0 aliphatic carbocycles. The van der Waals surface area contributed by atoms with E-state index < -0.39 is 0 Å². The predicted molar refractivity (Wildman–Crippen MR) is 8.50 cm³/mol. The number of hydrogen-bond donors (Lipinski definition) is 0. The standard InChI is InChI=1S/Ge.Hf.4O/q2*+4;4*-2. The molecule has 0 amide bonds. The van der Waals surface area contributed by atoms with Crippen LogP contribution in [0.15, 0.2) is 0 Å². The largest absolute Gasteiger partial charge is 4.00 e. The van der Waals surface area contributed by atoms with Gasteiger partial charge in [-0.05, 0) is 0 Å². The molecule has 0 atom stereocenters. The molecular formula is GeHfO4. The molecule has 0 heterocycles. The molecule has 0 saturated heterocycles. The summed E-state index contributed by atoms with van der Waals surface area (Å²) in [5, 5.41) is 0. The van der Waals surface area contributed by atoms with Crippen molar-refractivity contribution in [1.29, 1.82) is 0 Å². The molecule has 0 aromatic rings. The molecule has 0 saturated carbocycles. The Bertz CT molecular complexity index is 7.51. The molecule has 0 aromatic heterocycles. The summed E-state index contributed by atoms with van der Waals surface area (Å²) >= 11 is 0. The van der Waals surface area contributed by atoms with E-state index in [4.69, 9.17) is 0 Å². The van der Waals surface area contributed by atoms with E-state index in [0.717, 1.165) is 0 Å². The third-order valence-corrected chi connectivity index (χ3v) is 0. The fourth-order valence-corrected chi connectivity index (χ4v) is 0. The van der Waals surface area contributed by atoms with E-state index in [1.807, 2.05) is 0 Å². The van der Waals surface area contributed by atoms with Crippen LogP contribution in [0.1, 0.15) is 0 Å². The molecule has 6 heavy (non-hydrogen) atoms. The topological polar surface area (TPSA) is 114 Å². The first-order valence-electron chi connectivity index (χ1n) is 0. The van der Waals surface area contributed by atoms with E-state index in [2.05, 4.69) is 0 Å². The zero-order chi connectivity index (χ0) is 0. The van der Waals surface area contributed by atoms with Gasteiger partial charge in [-0.25, -0.2) is 0 Å². The van der Waals surface area contributed by atoms with Crippen molar-refractivity contribution in [3.05, 3.63) is 0 Å². The quantitative estimate of drug-likeness (QED) is 0.518. The van der Waals surface area contributed by atoms with Crippen molar-refractivity contribution in [3.8, 4) is 0 Å². The molecule has 0 aliphatic rings. The maximum absolute atomic E-state index is 0. The van der Waals surface area contributed by atoms with Gasteiger partial charge in [0.2, 0.25) is 0 Å². The van der Waals surface area contributed by atoms with Crippen LogP contribution < -0.4 is 0 Å². The minimum Gasteiger partial charge on any atom is -2.00 e. The van der Waals surface area contributed by atoms with Gasteiger partial charge in [-0.1, -0.05) is 0 Å². The summed E-state index contributed by atoms with van der Waals surface area (Å²) in [5.74, 6) is 0. The maximum Gasteiger partial charge on any atom is 4.00 e. The third-order valence-electron chi connectivity index (χ3n) is 0. The van der Waals surface area contributed by atoms with E-state index >= 15 is 0 Å². The number of hydrogen-bond acceptors (Lipinski definition) is 0. The summed E-state index contributed by atoms with van der Waals surface area (Å²) in [6, 6.07) is 0. The zero-order valence-corrected chi connectivity index (χ0v) is 8.32. The van der Waals surface area contributed by atoms with Crippen LogP contribution in [0.4, 0.5) is 0 Å². The smallest absolute Gasteiger partial charge is 2.00 e. The summed E-state index contributed by atoms with van der Waals surface area (Å²) in [7, 11) is 0. The fourth-order valence-electron chi connectivity index (χ4n) is 0. The Morgan fingerprint density at radius 1 is 0.500 bits per heavy atom. The predicted octanol–water partition coefficient (Wildman–Crippen LogP) is -0.859. The average Bonchev–Trinajstić information content (AvgIpc) is 0. The van der Waals surface area contributed by atoms with Crippen LogP contribution in [0.25, 0.3) is 0 Å². The Labute approximate surface area is 65.3 Å². The van der Waals surface area contributed by atoms with Crippen molar-refractivity contribution < 1.29 is 47.7 Å². The summed E-state index contributed by atoms with van der Waals surface area (Å²) < 4.78 is 0. The monoisotopic (exact) mass is 318 g/mol. The summed E-state index contributed by atoms with van der Waals surface area (Å²) in [6.45, 7) is 0. The zero-order valence-electron chi connectivity index (χ0n) is 2.63. The summed E-state index contributed by atoms with van der Waals surface area (Å²) in [5.41, 5.74) is 0. The van der Waals surface area contributed by atoms with Crippen LogP contribution in [-0.2, 0) is 47.7 Å². The van der Waals surface area contributed by atoms with E-state index in [-0.39, 0.29) is 65.3 Å². The van der Waals surface area contributed by atoms with Crippen molar-refractivity contribution in [2.24, 2.45) is 0 Å². The maximum atomic E-state index is 0. The molecular weight excluding hydrogens is 315 g/mol. The van der Waals surface area contributed by atoms with E-state index in [0.29, 0.717) is 0 Å². The number of rotatable bonds is 0. The van der Waals surface area contributed by atoms with Crippen LogP contribution >= 0.6 is 0 Å². The van der Waals surface area contributed by atoms with Crippen molar-refractivity contribution in [2.75, 3.05) is 0 Å². The van der Waals surface area contributed by atoms with Crippen LogP contribution in [0.5, 0.6) is 0 Å². The second kappa shape index (κ2) is 110. The molecule has 0 spiro atoms. The van der Waals surface area contributed by atoms with Gasteiger partial charge in [-0.2, -0.15) is 0 Å². The van der Waals surface area contributed by atoms with Crippen LogP contribution in [0.3, 0.4) is 0 Å². The molecule has 0 unspecified atom stereocenters. The first-order valence-corrected chi connectivity index (χ1v) is 0. The SMILES string of the molecule is [Ge+4].[Hf+4].[O-2].[O-2].[O-2].[O-2]. The molecule has 0 rings (SSSR count). The van der Waals surface area contributed by atoms with Crippen molar-refractivity contribution >= 4 is 17.6 Å². The van der Waals surface area contributed by atoms with E-state index in [1.54, 1.807) is 0 Å². The summed E-state index contributed by atoms with van der Waals surface area (Å²) in [6.07, 6.45) is 0. The van der Waals surface area contributed by atoms with Crippen molar-refractivity contribution in [1.82, 2.24) is 0 Å². The third kappa shape index (κ3) is 60.5. The molecule has 0 N–H and O–H groups in total. The molecule has 0 bridgehead atoms. The van der Waals surface area contributed by atoms with Crippen LogP contribution in [0, 0.1) is 0 Å². The average molecular weight is 315 g/mol. The Hall–Kier alpha value is 1.25. The van der Waals surface area contributed by atoms with Crippen LogP contribution in [-0.4, -0.2) is 17.6 Å². The van der Waals surface area contributed by atoms with Crippen LogP contribution in [0.2, 0.25) is 0 Å². The molecule has 6 heteroatoms. The van der Waals surface area contributed by atoms with Gasteiger partial charge in [0.25, 0.3) is 0 Å². The van der Waals surface area contributed by atoms with Gasteiger partial charge in [0, 0.05) is 0 Å². The molecule has 4 nitrogen and oxygen atoms in total. The second-order valence-corrected chi connectivity index (χ2v) is 0. The first-order chi connectivity index (χ1) is 0. The molecule has 0 fully saturated rings. The minimum atomic E-state index is 0. The minimum absolute atomic E-state index is 0. The van der Waals surface area contributed by atoms with Crippen molar-refractivity contribution in [2.45, 2.75) is 0 Å². The summed E-state index contributed by atoms with van der Waals surface area (Å²) in [4.78, 5) is 0. The van der Waals surface area contributed by atoms with Gasteiger partial charge in [0.1, 0.15) is 0 Å². The fraction of sp³-hybridized carbons (Fsp3) is 0. The van der Waals surface area contributed by atoms with Gasteiger partial charge in [-0.15, -0.1) is 0 Å². The molecule has 0 radical (unpaired) electrons. The Kier molecular flexibility index (Phi) is 3310. The Morgan fingerprint density at radius 2 is 0.500 bits per heavy atom. The van der Waals surface area contributed by atoms with Gasteiger partial charge in [-0.3, -0.25) is 0 Å². The second-order valence-electron chi connectivity index (χ2n) is 0. The Morgan fingerprint density at radius 3 is 0.500 bits per heavy atom. The van der Waals surface area contributed by atoms with Gasteiger partial charge in [0.15, 0.2) is 0 Å². The van der Waals surface area contributed by atoms with Gasteiger partial charge < -0.3 is 21.9 Å². The van der Waals surface area contributed by atoms with E-state index in [9.17, 15) is 0 Å². The van der Waals surface area contributed by atoms with Gasteiger partial charge >= 0.3 is 43.4 Å². The molecule has 32 valence electrons. The molecule has 0 aliphatic heterocycles. The normalized spacial score (nSPS) is 0. The first kappa shape index (κ1) is 181. The Balaban J connectivity index is 0. The van der Waals surface area contributed by atoms with Crippen molar-refractivity contribution in [3.63, 3.8) is 0 Å². The van der Waals surface area contributed by atoms with Gasteiger partial charge in [0.05, 0.1) is 0 Å².